The molecule has 0 spiro atoms. The van der Waals surface area contributed by atoms with Crippen molar-refractivity contribution in [3.63, 3.8) is 0 Å². The Kier molecular flexibility index (Phi) is 10.4. The number of carbonyl (C=O) groups is 3. The summed E-state index contributed by atoms with van der Waals surface area (Å²) >= 11 is 0. The standard InChI is InChI=1S/C41H47N5O6/c1-28-35(39(47)42(2)33-11-5-4-6-12-33)24-38(45(28)17-18-51-3)36-22-30-13-14-44(41(49)50)25-32(30)23-37(36)40(48)46-26-31-10-8-7-9-29(31)21-34(46)27-43-15-19-52-20-16-43/h4-12,22-24,34H,13-21,25-27H2,1-3H3,(H,49,50)/t34-/m0/s1. The molecule has 0 aliphatic carbocycles. The minimum Gasteiger partial charge on any atom is -0.465 e. The first-order valence-corrected chi connectivity index (χ1v) is 18.1. The van der Waals surface area contributed by atoms with Gasteiger partial charge in [-0.1, -0.05) is 42.5 Å². The number of carbonyl (C=O) groups excluding carboxylic acids is 2. The maximum absolute atomic E-state index is 15.2. The van der Waals surface area contributed by atoms with Gasteiger partial charge in [0.1, 0.15) is 0 Å². The first kappa shape index (κ1) is 35.4. The summed E-state index contributed by atoms with van der Waals surface area (Å²) in [6, 6.07) is 23.7. The van der Waals surface area contributed by atoms with E-state index in [-0.39, 0.29) is 24.4 Å². The van der Waals surface area contributed by atoms with Crippen LogP contribution in [0.3, 0.4) is 0 Å². The lowest BCUT2D eigenvalue weighted by molar-refractivity contribution is 0.0193. The van der Waals surface area contributed by atoms with Crippen molar-refractivity contribution < 1.29 is 29.0 Å². The van der Waals surface area contributed by atoms with E-state index in [2.05, 4.69) is 33.7 Å². The summed E-state index contributed by atoms with van der Waals surface area (Å²) in [6.45, 7) is 7.58. The summed E-state index contributed by atoms with van der Waals surface area (Å²) < 4.78 is 13.2. The van der Waals surface area contributed by atoms with Crippen molar-refractivity contribution in [1.29, 1.82) is 0 Å². The lowest BCUT2D eigenvalue weighted by Crippen LogP contribution is -2.52. The highest BCUT2D eigenvalue weighted by atomic mass is 16.5. The van der Waals surface area contributed by atoms with E-state index < -0.39 is 6.09 Å². The lowest BCUT2D eigenvalue weighted by atomic mass is 9.89. The minimum absolute atomic E-state index is 0.0708. The largest absolute Gasteiger partial charge is 0.465 e. The number of para-hydroxylation sites is 1. The van der Waals surface area contributed by atoms with Gasteiger partial charge < -0.3 is 33.8 Å². The highest BCUT2D eigenvalue weighted by molar-refractivity contribution is 6.08. The Balaban J connectivity index is 1.35. The molecule has 7 rings (SSSR count). The molecule has 1 fully saturated rings. The van der Waals surface area contributed by atoms with E-state index in [0.717, 1.165) is 65.4 Å². The van der Waals surface area contributed by atoms with Gasteiger partial charge in [0, 0.05) is 94.2 Å². The molecule has 1 saturated heterocycles. The number of morpholine rings is 1. The van der Waals surface area contributed by atoms with E-state index in [4.69, 9.17) is 9.47 Å². The Labute approximate surface area is 304 Å². The van der Waals surface area contributed by atoms with Crippen molar-refractivity contribution in [2.75, 3.05) is 65.1 Å². The Hall–Kier alpha value is -4.97. The fourth-order valence-corrected chi connectivity index (χ4v) is 7.89. The van der Waals surface area contributed by atoms with Gasteiger partial charge in [-0.15, -0.1) is 0 Å². The normalized spacial score (nSPS) is 17.4. The molecule has 3 aliphatic heterocycles. The zero-order chi connectivity index (χ0) is 36.4. The SMILES string of the molecule is COCCn1c(-c2cc3c(cc2C(=O)N2Cc4ccccc4C[C@H]2CN2CCOCC2)CN(C(=O)O)CC3)cc(C(=O)N(C)c2ccccc2)c1C. The van der Waals surface area contributed by atoms with Crippen LogP contribution in [0.4, 0.5) is 10.5 Å². The number of ether oxygens (including phenoxy) is 2. The molecule has 0 saturated carbocycles. The Morgan fingerprint density at radius 1 is 0.885 bits per heavy atom. The van der Waals surface area contributed by atoms with Crippen molar-refractivity contribution in [1.82, 2.24) is 19.3 Å². The third-order valence-electron chi connectivity index (χ3n) is 10.9. The van der Waals surface area contributed by atoms with Gasteiger partial charge in [-0.25, -0.2) is 4.79 Å². The monoisotopic (exact) mass is 705 g/mol. The molecule has 3 aliphatic rings. The van der Waals surface area contributed by atoms with E-state index >= 15 is 4.79 Å². The van der Waals surface area contributed by atoms with E-state index in [1.807, 2.05) is 60.4 Å². The van der Waals surface area contributed by atoms with Crippen molar-refractivity contribution in [2.24, 2.45) is 0 Å². The molecule has 4 heterocycles. The summed E-state index contributed by atoms with van der Waals surface area (Å²) in [7, 11) is 3.42. The molecule has 272 valence electrons. The predicted molar refractivity (Wildman–Crippen MR) is 199 cm³/mol. The molecule has 1 atom stereocenters. The molecule has 11 nitrogen and oxygen atoms in total. The fourth-order valence-electron chi connectivity index (χ4n) is 7.89. The second-order valence-corrected chi connectivity index (χ2v) is 14.0. The van der Waals surface area contributed by atoms with E-state index in [1.165, 1.54) is 10.5 Å². The number of fused-ring (bicyclic) bond motifs is 2. The number of anilines is 1. The summed E-state index contributed by atoms with van der Waals surface area (Å²) in [6.07, 6.45) is 0.288. The van der Waals surface area contributed by atoms with Gasteiger partial charge in [-0.3, -0.25) is 14.5 Å². The second-order valence-electron chi connectivity index (χ2n) is 14.0. The molecule has 3 amide bonds. The van der Waals surface area contributed by atoms with Gasteiger partial charge in [-0.05, 0) is 72.4 Å². The number of rotatable bonds is 9. The Morgan fingerprint density at radius 2 is 1.62 bits per heavy atom. The average Bonchev–Trinajstić information content (AvgIpc) is 3.50. The zero-order valence-electron chi connectivity index (χ0n) is 30.2. The van der Waals surface area contributed by atoms with Crippen LogP contribution >= 0.6 is 0 Å². The molecule has 11 heteroatoms. The average molecular weight is 706 g/mol. The minimum atomic E-state index is -0.976. The molecular formula is C41H47N5O6. The smallest absolute Gasteiger partial charge is 0.407 e. The summed E-state index contributed by atoms with van der Waals surface area (Å²) in [4.78, 5) is 48.8. The molecule has 52 heavy (non-hydrogen) atoms. The quantitative estimate of drug-likeness (QED) is 0.251. The lowest BCUT2D eigenvalue weighted by Gasteiger charge is -2.41. The van der Waals surface area contributed by atoms with E-state index in [0.29, 0.717) is 57.0 Å². The molecule has 0 bridgehead atoms. The molecule has 3 aromatic carbocycles. The maximum atomic E-state index is 15.2. The van der Waals surface area contributed by atoms with Gasteiger partial charge in [0.15, 0.2) is 0 Å². The molecule has 0 unspecified atom stereocenters. The molecule has 1 aromatic heterocycles. The van der Waals surface area contributed by atoms with Crippen molar-refractivity contribution in [3.05, 3.63) is 112 Å². The number of methoxy groups -OCH3 is 1. The van der Waals surface area contributed by atoms with Crippen LogP contribution in [0.5, 0.6) is 0 Å². The van der Waals surface area contributed by atoms with Crippen molar-refractivity contribution in [2.45, 2.75) is 45.4 Å². The van der Waals surface area contributed by atoms with Crippen LogP contribution < -0.4 is 4.90 Å². The molecule has 1 N–H and O–H groups in total. The van der Waals surface area contributed by atoms with Gasteiger partial charge >= 0.3 is 6.09 Å². The van der Waals surface area contributed by atoms with E-state index in [1.54, 1.807) is 19.1 Å². The zero-order valence-corrected chi connectivity index (χ0v) is 30.2. The number of benzene rings is 3. The summed E-state index contributed by atoms with van der Waals surface area (Å²) in [5.74, 6) is -0.258. The first-order chi connectivity index (χ1) is 25.2. The maximum Gasteiger partial charge on any atom is 0.407 e. The van der Waals surface area contributed by atoms with Crippen LogP contribution in [0.15, 0.2) is 72.8 Å². The number of amides is 3. The topological polar surface area (TPSA) is 108 Å². The van der Waals surface area contributed by atoms with Gasteiger partial charge in [0.05, 0.1) is 25.4 Å². The highest BCUT2D eigenvalue weighted by Crippen LogP contribution is 2.36. The van der Waals surface area contributed by atoms with E-state index in [9.17, 15) is 14.7 Å². The number of hydrogen-bond donors (Lipinski definition) is 1. The third-order valence-corrected chi connectivity index (χ3v) is 10.9. The molecule has 4 aromatic rings. The predicted octanol–water partition coefficient (Wildman–Crippen LogP) is 5.32. The highest BCUT2D eigenvalue weighted by Gasteiger charge is 2.35. The molecular weight excluding hydrogens is 658 g/mol. The Bertz CT molecular complexity index is 1950. The van der Waals surface area contributed by atoms with Crippen LogP contribution in [-0.4, -0.2) is 108 Å². The summed E-state index contributed by atoms with van der Waals surface area (Å²) in [5, 5.41) is 9.88. The van der Waals surface area contributed by atoms with Crippen LogP contribution in [0.25, 0.3) is 11.3 Å². The first-order valence-electron chi connectivity index (χ1n) is 18.1. The number of carboxylic acid groups (broad SMARTS) is 1. The second kappa shape index (κ2) is 15.3. The van der Waals surface area contributed by atoms with Crippen molar-refractivity contribution in [3.8, 4) is 11.3 Å². The number of hydrogen-bond acceptors (Lipinski definition) is 6. The molecule has 0 radical (unpaired) electrons. The number of nitrogens with zero attached hydrogens (tertiary/aromatic N) is 5. The van der Waals surface area contributed by atoms with Crippen LogP contribution in [-0.2, 0) is 41.9 Å². The van der Waals surface area contributed by atoms with Crippen LogP contribution in [0, 0.1) is 6.92 Å². The van der Waals surface area contributed by atoms with Crippen LogP contribution in [0.1, 0.15) is 48.7 Å². The van der Waals surface area contributed by atoms with Crippen LogP contribution in [0.2, 0.25) is 0 Å². The third kappa shape index (κ3) is 7.08. The number of aromatic nitrogens is 1. The van der Waals surface area contributed by atoms with Gasteiger partial charge in [0.2, 0.25) is 0 Å². The fraction of sp³-hybridized carbons (Fsp3) is 0.390. The van der Waals surface area contributed by atoms with Gasteiger partial charge in [0.25, 0.3) is 11.8 Å². The Morgan fingerprint density at radius 3 is 2.35 bits per heavy atom. The van der Waals surface area contributed by atoms with Gasteiger partial charge in [-0.2, -0.15) is 0 Å². The summed E-state index contributed by atoms with van der Waals surface area (Å²) in [5.41, 5.74) is 8.31. The van der Waals surface area contributed by atoms with Crippen molar-refractivity contribution >= 4 is 23.6 Å².